The molecule has 0 saturated carbocycles. The number of nitrogens with zero attached hydrogens (tertiary/aromatic N) is 1. The number of rotatable bonds is 5. The molecule has 0 radical (unpaired) electrons. The zero-order valence-electron chi connectivity index (χ0n) is 16.2. The Hall–Kier alpha value is -2.55. The van der Waals surface area contributed by atoms with E-state index in [9.17, 15) is 4.79 Å². The second-order valence-electron chi connectivity index (χ2n) is 6.24. The van der Waals surface area contributed by atoms with Crippen LogP contribution in [0.2, 0.25) is 5.02 Å². The van der Waals surface area contributed by atoms with Gasteiger partial charge in [0.05, 0.1) is 38.8 Å². The lowest BCUT2D eigenvalue weighted by atomic mass is 10.2. The van der Waals surface area contributed by atoms with Crippen molar-refractivity contribution in [3.63, 3.8) is 0 Å². The summed E-state index contributed by atoms with van der Waals surface area (Å²) in [5.74, 6) is 0.640. The van der Waals surface area contributed by atoms with E-state index in [1.54, 1.807) is 24.3 Å². The van der Waals surface area contributed by atoms with Gasteiger partial charge in [0.1, 0.15) is 0 Å². The van der Waals surface area contributed by atoms with Gasteiger partial charge in [0.25, 0.3) is 5.91 Å². The molecule has 9 heteroatoms. The fourth-order valence-corrected chi connectivity index (χ4v) is 3.37. The Morgan fingerprint density at radius 1 is 1.10 bits per heavy atom. The van der Waals surface area contributed by atoms with Crippen molar-refractivity contribution in [2.45, 2.75) is 0 Å². The maximum Gasteiger partial charge on any atom is 0.257 e. The van der Waals surface area contributed by atoms with E-state index in [0.29, 0.717) is 35.3 Å². The predicted molar refractivity (Wildman–Crippen MR) is 118 cm³/mol. The molecule has 0 unspecified atom stereocenters. The number of benzene rings is 2. The minimum absolute atomic E-state index is 0.168. The van der Waals surface area contributed by atoms with Crippen LogP contribution in [0, 0.1) is 0 Å². The summed E-state index contributed by atoms with van der Waals surface area (Å²) >= 11 is 11.5. The number of anilines is 2. The van der Waals surface area contributed by atoms with Crippen molar-refractivity contribution in [1.82, 2.24) is 5.32 Å². The van der Waals surface area contributed by atoms with Gasteiger partial charge in [-0.25, -0.2) is 0 Å². The van der Waals surface area contributed by atoms with Gasteiger partial charge < -0.3 is 24.4 Å². The average Bonchev–Trinajstić information content (AvgIpc) is 2.73. The molecule has 0 bridgehead atoms. The molecule has 1 aliphatic rings. The Morgan fingerprint density at radius 3 is 2.52 bits per heavy atom. The number of morpholine rings is 1. The van der Waals surface area contributed by atoms with Gasteiger partial charge in [-0.3, -0.25) is 10.1 Å². The summed E-state index contributed by atoms with van der Waals surface area (Å²) in [5.41, 5.74) is 2.06. The SMILES string of the molecule is COc1ccc(C(=O)NC(=S)Nc2cc(Cl)ccc2N2CCOCC2)cc1OC. The molecular formula is C20H22ClN3O4S. The Bertz CT molecular complexity index is 903. The van der Waals surface area contributed by atoms with Crippen molar-refractivity contribution < 1.29 is 19.0 Å². The number of methoxy groups -OCH3 is 2. The molecule has 0 aliphatic carbocycles. The predicted octanol–water partition coefficient (Wildman–Crippen LogP) is 3.32. The van der Waals surface area contributed by atoms with Crippen LogP contribution in [0.3, 0.4) is 0 Å². The number of carbonyl (C=O) groups excluding carboxylic acids is 1. The zero-order valence-corrected chi connectivity index (χ0v) is 17.7. The van der Waals surface area contributed by atoms with E-state index in [-0.39, 0.29) is 11.0 Å². The number of ether oxygens (including phenoxy) is 3. The topological polar surface area (TPSA) is 72.1 Å². The first kappa shape index (κ1) is 21.2. The summed E-state index contributed by atoms with van der Waals surface area (Å²) < 4.78 is 15.8. The number of amides is 1. The second-order valence-corrected chi connectivity index (χ2v) is 7.08. The quantitative estimate of drug-likeness (QED) is 0.698. The van der Waals surface area contributed by atoms with Crippen LogP contribution in [0.1, 0.15) is 10.4 Å². The van der Waals surface area contributed by atoms with Crippen molar-refractivity contribution in [3.05, 3.63) is 47.0 Å². The minimum Gasteiger partial charge on any atom is -0.493 e. The van der Waals surface area contributed by atoms with Gasteiger partial charge in [-0.05, 0) is 48.6 Å². The molecule has 2 aromatic carbocycles. The van der Waals surface area contributed by atoms with Crippen molar-refractivity contribution >= 4 is 46.2 Å². The number of thiocarbonyl (C=S) groups is 1. The molecular weight excluding hydrogens is 414 g/mol. The van der Waals surface area contributed by atoms with Crippen molar-refractivity contribution in [1.29, 1.82) is 0 Å². The van der Waals surface area contributed by atoms with Gasteiger partial charge in [0, 0.05) is 23.7 Å². The molecule has 2 aromatic rings. The van der Waals surface area contributed by atoms with Crippen molar-refractivity contribution in [2.75, 3.05) is 50.7 Å². The highest BCUT2D eigenvalue weighted by molar-refractivity contribution is 7.80. The summed E-state index contributed by atoms with van der Waals surface area (Å²) in [6.07, 6.45) is 0. The lowest BCUT2D eigenvalue weighted by Gasteiger charge is -2.30. The Labute approximate surface area is 179 Å². The highest BCUT2D eigenvalue weighted by Gasteiger charge is 2.17. The van der Waals surface area contributed by atoms with Crippen LogP contribution < -0.4 is 25.0 Å². The van der Waals surface area contributed by atoms with E-state index in [4.69, 9.17) is 38.0 Å². The monoisotopic (exact) mass is 435 g/mol. The summed E-state index contributed by atoms with van der Waals surface area (Å²) in [7, 11) is 3.05. The first-order valence-corrected chi connectivity index (χ1v) is 9.77. The van der Waals surface area contributed by atoms with Crippen LogP contribution in [0.25, 0.3) is 0 Å². The molecule has 1 saturated heterocycles. The van der Waals surface area contributed by atoms with Gasteiger partial charge in [0.2, 0.25) is 0 Å². The van der Waals surface area contributed by atoms with Gasteiger partial charge in [-0.2, -0.15) is 0 Å². The van der Waals surface area contributed by atoms with E-state index in [0.717, 1.165) is 24.5 Å². The average molecular weight is 436 g/mol. The molecule has 2 N–H and O–H groups in total. The molecule has 154 valence electrons. The number of nitrogens with one attached hydrogen (secondary N) is 2. The maximum atomic E-state index is 12.6. The Kier molecular flexibility index (Phi) is 7.13. The smallest absolute Gasteiger partial charge is 0.257 e. The summed E-state index contributed by atoms with van der Waals surface area (Å²) in [6, 6.07) is 10.4. The van der Waals surface area contributed by atoms with E-state index in [1.807, 2.05) is 12.1 Å². The van der Waals surface area contributed by atoms with E-state index in [2.05, 4.69) is 15.5 Å². The first-order chi connectivity index (χ1) is 14.0. The largest absolute Gasteiger partial charge is 0.493 e. The summed E-state index contributed by atoms with van der Waals surface area (Å²) in [6.45, 7) is 2.84. The fraction of sp³-hybridized carbons (Fsp3) is 0.300. The number of carbonyl (C=O) groups is 1. The normalized spacial score (nSPS) is 13.6. The third-order valence-corrected chi connectivity index (χ3v) is 4.87. The Balaban J connectivity index is 1.72. The second kappa shape index (κ2) is 9.78. The first-order valence-electron chi connectivity index (χ1n) is 8.98. The van der Waals surface area contributed by atoms with E-state index >= 15 is 0 Å². The van der Waals surface area contributed by atoms with E-state index in [1.165, 1.54) is 14.2 Å². The molecule has 29 heavy (non-hydrogen) atoms. The summed E-state index contributed by atoms with van der Waals surface area (Å²) in [5, 5.41) is 6.50. The Morgan fingerprint density at radius 2 is 1.83 bits per heavy atom. The molecule has 3 rings (SSSR count). The van der Waals surface area contributed by atoms with Crippen molar-refractivity contribution in [2.24, 2.45) is 0 Å². The molecule has 0 aromatic heterocycles. The van der Waals surface area contributed by atoms with Gasteiger partial charge in [-0.1, -0.05) is 11.6 Å². The molecule has 1 fully saturated rings. The van der Waals surface area contributed by atoms with Crippen molar-refractivity contribution in [3.8, 4) is 11.5 Å². The van der Waals surface area contributed by atoms with Crippen LogP contribution in [-0.4, -0.2) is 51.5 Å². The fourth-order valence-electron chi connectivity index (χ4n) is 2.99. The molecule has 0 spiro atoms. The van der Waals surface area contributed by atoms with Crippen LogP contribution >= 0.6 is 23.8 Å². The molecule has 0 atom stereocenters. The van der Waals surface area contributed by atoms with Crippen LogP contribution in [0.15, 0.2) is 36.4 Å². The molecule has 1 aliphatic heterocycles. The number of halogens is 1. The zero-order chi connectivity index (χ0) is 20.8. The molecule has 7 nitrogen and oxygen atoms in total. The standard InChI is InChI=1S/C20H22ClN3O4S/c1-26-17-6-3-13(11-18(17)27-2)19(25)23-20(29)22-15-12-14(21)4-5-16(15)24-7-9-28-10-8-24/h3-6,11-12H,7-10H2,1-2H3,(H2,22,23,25,29). The highest BCUT2D eigenvalue weighted by atomic mass is 35.5. The number of hydrogen-bond donors (Lipinski definition) is 2. The molecule has 1 amide bonds. The maximum absolute atomic E-state index is 12.6. The molecule has 1 heterocycles. The van der Waals surface area contributed by atoms with Gasteiger partial charge in [0.15, 0.2) is 16.6 Å². The van der Waals surface area contributed by atoms with Gasteiger partial charge >= 0.3 is 0 Å². The van der Waals surface area contributed by atoms with Crippen LogP contribution in [0.5, 0.6) is 11.5 Å². The third-order valence-electron chi connectivity index (χ3n) is 4.43. The number of hydrogen-bond acceptors (Lipinski definition) is 6. The van der Waals surface area contributed by atoms with E-state index < -0.39 is 0 Å². The van der Waals surface area contributed by atoms with Crippen LogP contribution in [-0.2, 0) is 4.74 Å². The third kappa shape index (κ3) is 5.29. The lowest BCUT2D eigenvalue weighted by Crippen LogP contribution is -2.38. The van der Waals surface area contributed by atoms with Gasteiger partial charge in [-0.15, -0.1) is 0 Å². The highest BCUT2D eigenvalue weighted by Crippen LogP contribution is 2.30. The minimum atomic E-state index is -0.363. The van der Waals surface area contributed by atoms with Crippen LogP contribution in [0.4, 0.5) is 11.4 Å². The lowest BCUT2D eigenvalue weighted by molar-refractivity contribution is 0.0977. The summed E-state index contributed by atoms with van der Waals surface area (Å²) in [4.78, 5) is 14.8.